The van der Waals surface area contributed by atoms with Crippen LogP contribution in [0, 0.1) is 5.92 Å². The highest BCUT2D eigenvalue weighted by molar-refractivity contribution is 5.99. The fraction of sp³-hybridized carbons (Fsp3) is 0.667. The summed E-state index contributed by atoms with van der Waals surface area (Å²) in [6.07, 6.45) is 4.47. The van der Waals surface area contributed by atoms with E-state index in [0.29, 0.717) is 0 Å². The van der Waals surface area contributed by atoms with E-state index in [-0.39, 0.29) is 23.7 Å². The van der Waals surface area contributed by atoms with Gasteiger partial charge in [0.1, 0.15) is 6.04 Å². The molecule has 4 nitrogen and oxygen atoms in total. The standard InChI is InChI=1S/C12H17NO3/c1-8-5-6-9(11(8)14)13-7-3-4-10(13)12(15)16-2/h6,8,10H,3-5,7H2,1-2H3. The number of rotatable bonds is 2. The lowest BCUT2D eigenvalue weighted by molar-refractivity contribution is -0.145. The molecule has 1 aliphatic carbocycles. The Morgan fingerprint density at radius 3 is 2.88 bits per heavy atom. The summed E-state index contributed by atoms with van der Waals surface area (Å²) in [6, 6.07) is -0.259. The van der Waals surface area contributed by atoms with Gasteiger partial charge in [-0.25, -0.2) is 4.79 Å². The van der Waals surface area contributed by atoms with Crippen LogP contribution in [0.2, 0.25) is 0 Å². The number of hydrogen-bond donors (Lipinski definition) is 0. The summed E-state index contributed by atoms with van der Waals surface area (Å²) in [7, 11) is 1.40. The van der Waals surface area contributed by atoms with Crippen molar-refractivity contribution in [3.63, 3.8) is 0 Å². The first-order chi connectivity index (χ1) is 7.65. The van der Waals surface area contributed by atoms with Crippen molar-refractivity contribution >= 4 is 11.8 Å². The van der Waals surface area contributed by atoms with E-state index in [1.807, 2.05) is 17.9 Å². The van der Waals surface area contributed by atoms with Crippen molar-refractivity contribution in [1.82, 2.24) is 4.90 Å². The first-order valence-corrected chi connectivity index (χ1v) is 5.74. The molecule has 0 aromatic heterocycles. The lowest BCUT2D eigenvalue weighted by Gasteiger charge is -2.25. The molecule has 4 heteroatoms. The molecular formula is C12H17NO3. The van der Waals surface area contributed by atoms with E-state index >= 15 is 0 Å². The van der Waals surface area contributed by atoms with Crippen molar-refractivity contribution in [2.24, 2.45) is 5.92 Å². The number of allylic oxidation sites excluding steroid dienone is 2. The summed E-state index contributed by atoms with van der Waals surface area (Å²) in [6.45, 7) is 2.71. The molecule has 16 heavy (non-hydrogen) atoms. The Morgan fingerprint density at radius 2 is 2.31 bits per heavy atom. The number of carbonyl (C=O) groups is 2. The van der Waals surface area contributed by atoms with Crippen molar-refractivity contribution in [3.8, 4) is 0 Å². The van der Waals surface area contributed by atoms with Gasteiger partial charge in [-0.2, -0.15) is 0 Å². The molecule has 2 unspecified atom stereocenters. The predicted octanol–water partition coefficient (Wildman–Crippen LogP) is 1.12. The molecule has 0 aromatic carbocycles. The molecule has 0 N–H and O–H groups in total. The molecule has 0 spiro atoms. The van der Waals surface area contributed by atoms with Crippen LogP contribution < -0.4 is 0 Å². The average molecular weight is 223 g/mol. The van der Waals surface area contributed by atoms with Crippen LogP contribution in [0.15, 0.2) is 11.8 Å². The van der Waals surface area contributed by atoms with Gasteiger partial charge in [0.2, 0.25) is 0 Å². The molecule has 1 fully saturated rings. The minimum absolute atomic E-state index is 0.0638. The van der Waals surface area contributed by atoms with Gasteiger partial charge in [0.15, 0.2) is 5.78 Å². The quantitative estimate of drug-likeness (QED) is 0.658. The number of Topliss-reactive ketones (excluding diaryl/α,β-unsaturated/α-hetero) is 1. The van der Waals surface area contributed by atoms with Crippen LogP contribution in [-0.4, -0.2) is 36.3 Å². The number of likely N-dealkylation sites (tertiary alicyclic amines) is 1. The molecule has 0 radical (unpaired) electrons. The Kier molecular flexibility index (Phi) is 2.99. The summed E-state index contributed by atoms with van der Waals surface area (Å²) < 4.78 is 4.77. The van der Waals surface area contributed by atoms with Crippen LogP contribution in [0.25, 0.3) is 0 Å². The fourth-order valence-electron chi connectivity index (χ4n) is 2.44. The number of ketones is 1. The number of esters is 1. The Hall–Kier alpha value is -1.32. The number of nitrogens with zero attached hydrogens (tertiary/aromatic N) is 1. The molecule has 2 aliphatic rings. The summed E-state index contributed by atoms with van der Waals surface area (Å²) >= 11 is 0. The van der Waals surface area contributed by atoms with Gasteiger partial charge in [-0.1, -0.05) is 13.0 Å². The second-order valence-corrected chi connectivity index (χ2v) is 4.46. The molecule has 0 amide bonds. The van der Waals surface area contributed by atoms with Crippen molar-refractivity contribution in [1.29, 1.82) is 0 Å². The maximum Gasteiger partial charge on any atom is 0.328 e. The summed E-state index contributed by atoms with van der Waals surface area (Å²) in [5.41, 5.74) is 0.723. The smallest absolute Gasteiger partial charge is 0.328 e. The second-order valence-electron chi connectivity index (χ2n) is 4.46. The van der Waals surface area contributed by atoms with Gasteiger partial charge in [0.25, 0.3) is 0 Å². The third-order valence-corrected chi connectivity index (χ3v) is 3.40. The zero-order valence-electron chi connectivity index (χ0n) is 9.73. The van der Waals surface area contributed by atoms with Gasteiger partial charge < -0.3 is 9.64 Å². The van der Waals surface area contributed by atoms with Crippen molar-refractivity contribution in [2.75, 3.05) is 13.7 Å². The lowest BCUT2D eigenvalue weighted by atomic mass is 10.1. The third kappa shape index (κ3) is 1.72. The second kappa shape index (κ2) is 4.28. The summed E-state index contributed by atoms with van der Waals surface area (Å²) in [5, 5.41) is 0. The topological polar surface area (TPSA) is 46.6 Å². The van der Waals surface area contributed by atoms with Crippen molar-refractivity contribution in [3.05, 3.63) is 11.8 Å². The van der Waals surface area contributed by atoms with Gasteiger partial charge in [0, 0.05) is 12.5 Å². The average Bonchev–Trinajstić information content (AvgIpc) is 2.86. The maximum atomic E-state index is 11.9. The highest BCUT2D eigenvalue weighted by Crippen LogP contribution is 2.30. The predicted molar refractivity (Wildman–Crippen MR) is 58.6 cm³/mol. The number of hydrogen-bond acceptors (Lipinski definition) is 4. The molecular weight excluding hydrogens is 206 g/mol. The van der Waals surface area contributed by atoms with E-state index in [1.54, 1.807) is 0 Å². The first kappa shape index (κ1) is 11.2. The lowest BCUT2D eigenvalue weighted by Crippen LogP contribution is -2.38. The van der Waals surface area contributed by atoms with Crippen molar-refractivity contribution < 1.29 is 14.3 Å². The highest BCUT2D eigenvalue weighted by atomic mass is 16.5. The number of carbonyl (C=O) groups excluding carboxylic acids is 2. The monoisotopic (exact) mass is 223 g/mol. The Bertz CT molecular complexity index is 348. The van der Waals surface area contributed by atoms with Crippen LogP contribution in [-0.2, 0) is 14.3 Å². The van der Waals surface area contributed by atoms with Crippen LogP contribution >= 0.6 is 0 Å². The van der Waals surface area contributed by atoms with Gasteiger partial charge in [-0.05, 0) is 19.3 Å². The zero-order valence-corrected chi connectivity index (χ0v) is 9.73. The normalized spacial score (nSPS) is 29.5. The van der Waals surface area contributed by atoms with E-state index in [2.05, 4.69) is 0 Å². The number of ether oxygens (including phenoxy) is 1. The molecule has 1 aliphatic heterocycles. The Balaban J connectivity index is 2.15. The molecule has 0 saturated carbocycles. The van der Waals surface area contributed by atoms with Crippen molar-refractivity contribution in [2.45, 2.75) is 32.2 Å². The molecule has 88 valence electrons. The van der Waals surface area contributed by atoms with Crippen LogP contribution in [0.5, 0.6) is 0 Å². The molecule has 2 rings (SSSR count). The molecule has 2 atom stereocenters. The molecule has 0 bridgehead atoms. The highest BCUT2D eigenvalue weighted by Gasteiger charge is 2.37. The van der Waals surface area contributed by atoms with Crippen LogP contribution in [0.4, 0.5) is 0 Å². The third-order valence-electron chi connectivity index (χ3n) is 3.40. The maximum absolute atomic E-state index is 11.9. The Morgan fingerprint density at radius 1 is 1.56 bits per heavy atom. The van der Waals surface area contributed by atoms with Crippen LogP contribution in [0.3, 0.4) is 0 Å². The van der Waals surface area contributed by atoms with Gasteiger partial charge in [-0.15, -0.1) is 0 Å². The van der Waals surface area contributed by atoms with E-state index in [0.717, 1.165) is 31.5 Å². The largest absolute Gasteiger partial charge is 0.467 e. The van der Waals surface area contributed by atoms with E-state index in [4.69, 9.17) is 4.74 Å². The minimum atomic E-state index is -0.259. The van der Waals surface area contributed by atoms with Gasteiger partial charge in [0.05, 0.1) is 12.8 Å². The minimum Gasteiger partial charge on any atom is -0.467 e. The summed E-state index contributed by atoms with van der Waals surface area (Å²) in [5.74, 6) is -0.00421. The fourth-order valence-corrected chi connectivity index (χ4v) is 2.44. The summed E-state index contributed by atoms with van der Waals surface area (Å²) in [4.78, 5) is 25.4. The van der Waals surface area contributed by atoms with Gasteiger partial charge in [-0.3, -0.25) is 4.79 Å². The van der Waals surface area contributed by atoms with Gasteiger partial charge >= 0.3 is 5.97 Å². The Labute approximate surface area is 95.2 Å². The molecule has 0 aromatic rings. The van der Waals surface area contributed by atoms with E-state index < -0.39 is 0 Å². The SMILES string of the molecule is COC(=O)C1CCCN1C1=CCC(C)C1=O. The molecule has 1 heterocycles. The zero-order chi connectivity index (χ0) is 11.7. The van der Waals surface area contributed by atoms with Crippen LogP contribution in [0.1, 0.15) is 26.2 Å². The van der Waals surface area contributed by atoms with E-state index in [1.165, 1.54) is 7.11 Å². The molecule has 1 saturated heterocycles. The van der Waals surface area contributed by atoms with E-state index in [9.17, 15) is 9.59 Å². The first-order valence-electron chi connectivity index (χ1n) is 5.74. The number of methoxy groups -OCH3 is 1.